The molecule has 0 saturated heterocycles. The molecule has 1 aliphatic carbocycles. The molecule has 2 aromatic heterocycles. The minimum Gasteiger partial charge on any atom is -0.387 e. The van der Waals surface area contributed by atoms with Gasteiger partial charge >= 0.3 is 0 Å². The van der Waals surface area contributed by atoms with Gasteiger partial charge in [-0.2, -0.15) is 0 Å². The average Bonchev–Trinajstić information content (AvgIpc) is 2.87. The minimum atomic E-state index is -0.135. The van der Waals surface area contributed by atoms with Crippen LogP contribution >= 0.6 is 0 Å². The molecule has 0 saturated carbocycles. The van der Waals surface area contributed by atoms with Crippen LogP contribution in [0.1, 0.15) is 27.2 Å². The number of nitrogens with two attached hydrogens (primary N) is 2. The minimum absolute atomic E-state index is 0.0960. The molecule has 2 aliphatic rings. The Morgan fingerprint density at radius 1 is 1.06 bits per heavy atom. The molecule has 0 fully saturated rings. The van der Waals surface area contributed by atoms with Crippen LogP contribution in [-0.2, 0) is 13.0 Å². The largest absolute Gasteiger partial charge is 0.387 e. The third kappa shape index (κ3) is 4.65. The molecule has 7 heteroatoms. The summed E-state index contributed by atoms with van der Waals surface area (Å²) in [5.41, 5.74) is 17.2. The molecule has 2 atom stereocenters. The van der Waals surface area contributed by atoms with Crippen molar-refractivity contribution in [3.05, 3.63) is 107 Å². The number of carbonyl (C=O) groups excluding carboxylic acids is 1. The van der Waals surface area contributed by atoms with Crippen LogP contribution in [0.4, 0.5) is 0 Å². The zero-order chi connectivity index (χ0) is 23.5. The van der Waals surface area contributed by atoms with Gasteiger partial charge in [-0.1, -0.05) is 30.4 Å². The second-order valence-electron chi connectivity index (χ2n) is 8.57. The summed E-state index contributed by atoms with van der Waals surface area (Å²) in [7, 11) is 0. The van der Waals surface area contributed by atoms with E-state index in [-0.39, 0.29) is 17.7 Å². The number of nitrogens with one attached hydrogen (secondary N) is 1. The van der Waals surface area contributed by atoms with Crippen LogP contribution < -0.4 is 16.8 Å². The van der Waals surface area contributed by atoms with Gasteiger partial charge in [0, 0.05) is 66.6 Å². The number of nitrogens with zero attached hydrogens (tertiary/aromatic N) is 3. The second-order valence-corrected chi connectivity index (χ2v) is 8.57. The van der Waals surface area contributed by atoms with Gasteiger partial charge < -0.3 is 16.8 Å². The maximum atomic E-state index is 12.8. The molecule has 1 aromatic carbocycles. The first kappa shape index (κ1) is 21.7. The highest BCUT2D eigenvalue weighted by molar-refractivity contribution is 5.94. The van der Waals surface area contributed by atoms with Crippen molar-refractivity contribution in [2.75, 3.05) is 6.54 Å². The van der Waals surface area contributed by atoms with Gasteiger partial charge in [-0.3, -0.25) is 14.8 Å². The maximum absolute atomic E-state index is 12.8. The Morgan fingerprint density at radius 2 is 1.94 bits per heavy atom. The number of allylic oxidation sites excluding steroid dienone is 2. The number of carbonyl (C=O) groups is 1. The molecule has 0 spiro atoms. The fourth-order valence-electron chi connectivity index (χ4n) is 4.33. The Balaban J connectivity index is 1.25. The van der Waals surface area contributed by atoms with E-state index < -0.39 is 0 Å². The van der Waals surface area contributed by atoms with E-state index in [0.29, 0.717) is 30.9 Å². The molecule has 7 nitrogen and oxygen atoms in total. The summed E-state index contributed by atoms with van der Waals surface area (Å²) in [6.45, 7) is 0.936. The Hall–Kier alpha value is -4.10. The summed E-state index contributed by atoms with van der Waals surface area (Å²) in [5, 5.41) is 4.05. The SMILES string of the molecule is NCc1ccc2ncc(Cc3cc(C(=O)NCC4=CC5C=CN=C(N)C5C=C4)ccn3)cc2c1. The predicted octanol–water partition coefficient (Wildman–Crippen LogP) is 3.02. The average molecular weight is 451 g/mol. The van der Waals surface area contributed by atoms with Crippen LogP contribution in [0, 0.1) is 11.8 Å². The Morgan fingerprint density at radius 3 is 2.82 bits per heavy atom. The van der Waals surface area contributed by atoms with E-state index in [1.165, 1.54) is 0 Å². The van der Waals surface area contributed by atoms with Crippen LogP contribution in [0.5, 0.6) is 0 Å². The molecule has 34 heavy (non-hydrogen) atoms. The number of amides is 1. The van der Waals surface area contributed by atoms with Gasteiger partial charge in [0.2, 0.25) is 0 Å². The molecule has 3 heterocycles. The van der Waals surface area contributed by atoms with Crippen molar-refractivity contribution in [2.45, 2.75) is 13.0 Å². The highest BCUT2D eigenvalue weighted by atomic mass is 16.1. The van der Waals surface area contributed by atoms with Gasteiger partial charge in [-0.05, 0) is 47.0 Å². The monoisotopic (exact) mass is 450 g/mol. The summed E-state index contributed by atoms with van der Waals surface area (Å²) in [6, 6.07) is 11.7. The van der Waals surface area contributed by atoms with Crippen molar-refractivity contribution in [3.63, 3.8) is 0 Å². The van der Waals surface area contributed by atoms with Crippen LogP contribution in [0.3, 0.4) is 0 Å². The standard InChI is InChI=1S/C27H26N6O/c28-14-17-2-4-25-22(9-17)11-19(16-32-25)12-23-13-21(6-7-30-23)27(34)33-15-18-1-3-24-20(10-18)5-8-31-26(24)29/h1-11,13,16,20,24H,12,14-15,28H2,(H2,29,31)(H,33,34). The van der Waals surface area contributed by atoms with Crippen LogP contribution in [0.15, 0.2) is 89.9 Å². The van der Waals surface area contributed by atoms with Gasteiger partial charge in [-0.15, -0.1) is 0 Å². The number of amidine groups is 1. The van der Waals surface area contributed by atoms with Gasteiger partial charge in [-0.25, -0.2) is 4.99 Å². The summed E-state index contributed by atoms with van der Waals surface area (Å²) >= 11 is 0. The lowest BCUT2D eigenvalue weighted by molar-refractivity contribution is 0.0957. The number of pyridine rings is 2. The zero-order valence-electron chi connectivity index (χ0n) is 18.7. The fourth-order valence-corrected chi connectivity index (χ4v) is 4.33. The van der Waals surface area contributed by atoms with Crippen molar-refractivity contribution in [1.29, 1.82) is 0 Å². The second kappa shape index (κ2) is 9.41. The number of hydrogen-bond donors (Lipinski definition) is 3. The van der Waals surface area contributed by atoms with E-state index in [4.69, 9.17) is 11.5 Å². The first-order valence-corrected chi connectivity index (χ1v) is 11.3. The lowest BCUT2D eigenvalue weighted by Crippen LogP contribution is -2.32. The third-order valence-electron chi connectivity index (χ3n) is 6.17. The Bertz CT molecular complexity index is 1370. The molecule has 0 bridgehead atoms. The smallest absolute Gasteiger partial charge is 0.251 e. The molecule has 2 unspecified atom stereocenters. The van der Waals surface area contributed by atoms with Crippen molar-refractivity contribution in [2.24, 2.45) is 28.3 Å². The van der Waals surface area contributed by atoms with Crippen molar-refractivity contribution in [3.8, 4) is 0 Å². The third-order valence-corrected chi connectivity index (χ3v) is 6.17. The van der Waals surface area contributed by atoms with E-state index in [1.807, 2.05) is 42.6 Å². The van der Waals surface area contributed by atoms with Gasteiger partial charge in [0.1, 0.15) is 5.84 Å². The van der Waals surface area contributed by atoms with Crippen molar-refractivity contribution < 1.29 is 4.79 Å². The van der Waals surface area contributed by atoms with Gasteiger partial charge in [0.15, 0.2) is 0 Å². The molecule has 5 rings (SSSR count). The van der Waals surface area contributed by atoms with Gasteiger partial charge in [0.05, 0.1) is 5.52 Å². The molecule has 5 N–H and O–H groups in total. The molecule has 0 radical (unpaired) electrons. The van der Waals surface area contributed by atoms with E-state index in [2.05, 4.69) is 38.5 Å². The van der Waals surface area contributed by atoms with Gasteiger partial charge in [0.25, 0.3) is 5.91 Å². The fraction of sp³-hybridized carbons (Fsp3) is 0.185. The normalized spacial score (nSPS) is 18.9. The highest BCUT2D eigenvalue weighted by Gasteiger charge is 2.24. The molecule has 1 amide bonds. The molecule has 170 valence electrons. The predicted molar refractivity (Wildman–Crippen MR) is 134 cm³/mol. The Kier molecular flexibility index (Phi) is 6.01. The first-order chi connectivity index (χ1) is 16.6. The van der Waals surface area contributed by atoms with Crippen LogP contribution in [-0.4, -0.2) is 28.3 Å². The summed E-state index contributed by atoms with van der Waals surface area (Å²) in [4.78, 5) is 26.0. The van der Waals surface area contributed by atoms with Crippen LogP contribution in [0.25, 0.3) is 10.9 Å². The lowest BCUT2D eigenvalue weighted by Gasteiger charge is -2.25. The summed E-state index contributed by atoms with van der Waals surface area (Å²) in [5.74, 6) is 0.760. The number of aromatic nitrogens is 2. The lowest BCUT2D eigenvalue weighted by atomic mass is 9.84. The quantitative estimate of drug-likeness (QED) is 0.533. The number of hydrogen-bond acceptors (Lipinski definition) is 6. The summed E-state index contributed by atoms with van der Waals surface area (Å²) in [6.07, 6.45) is 14.1. The van der Waals surface area contributed by atoms with E-state index in [0.717, 1.165) is 33.3 Å². The molecular weight excluding hydrogens is 424 g/mol. The molecule has 3 aromatic rings. The number of aliphatic imine (C=N–C) groups is 1. The van der Waals surface area contributed by atoms with E-state index in [1.54, 1.807) is 18.5 Å². The number of rotatable bonds is 6. The van der Waals surface area contributed by atoms with Crippen LogP contribution in [0.2, 0.25) is 0 Å². The van der Waals surface area contributed by atoms with Crippen molar-refractivity contribution in [1.82, 2.24) is 15.3 Å². The van der Waals surface area contributed by atoms with E-state index >= 15 is 0 Å². The van der Waals surface area contributed by atoms with Crippen molar-refractivity contribution >= 4 is 22.6 Å². The molecular formula is C27H26N6O. The maximum Gasteiger partial charge on any atom is 0.251 e. The summed E-state index contributed by atoms with van der Waals surface area (Å²) < 4.78 is 0. The topological polar surface area (TPSA) is 119 Å². The number of fused-ring (bicyclic) bond motifs is 2. The first-order valence-electron chi connectivity index (χ1n) is 11.3. The Labute approximate surface area is 198 Å². The molecule has 1 aliphatic heterocycles. The number of benzene rings is 1. The zero-order valence-corrected chi connectivity index (χ0v) is 18.7. The van der Waals surface area contributed by atoms with E-state index in [9.17, 15) is 4.79 Å². The highest BCUT2D eigenvalue weighted by Crippen LogP contribution is 2.27.